The van der Waals surface area contributed by atoms with E-state index in [0.717, 1.165) is 4.47 Å². The van der Waals surface area contributed by atoms with Crippen molar-refractivity contribution in [3.8, 4) is 5.75 Å². The average Bonchev–Trinajstić information content (AvgIpc) is 2.19. The predicted molar refractivity (Wildman–Crippen MR) is 83.3 cm³/mol. The molecule has 0 radical (unpaired) electrons. The summed E-state index contributed by atoms with van der Waals surface area (Å²) in [5.74, 6) is -0.157. The van der Waals surface area contributed by atoms with Crippen LogP contribution in [-0.2, 0) is 11.2 Å². The number of rotatable bonds is 4. The van der Waals surface area contributed by atoms with Crippen LogP contribution < -0.4 is 4.43 Å². The first-order chi connectivity index (χ1) is 8.53. The lowest BCUT2D eigenvalue weighted by Crippen LogP contribution is -2.44. The van der Waals surface area contributed by atoms with Crippen molar-refractivity contribution in [3.05, 3.63) is 28.2 Å². The zero-order valence-electron chi connectivity index (χ0n) is 12.1. The molecule has 0 spiro atoms. The first kappa shape index (κ1) is 16.2. The summed E-state index contributed by atoms with van der Waals surface area (Å²) >= 11 is 3.37. The van der Waals surface area contributed by atoms with Gasteiger partial charge in [0.1, 0.15) is 5.75 Å². The molecule has 3 nitrogen and oxygen atoms in total. The van der Waals surface area contributed by atoms with Gasteiger partial charge in [-0.15, -0.1) is 0 Å². The van der Waals surface area contributed by atoms with Crippen LogP contribution in [0, 0.1) is 0 Å². The summed E-state index contributed by atoms with van der Waals surface area (Å²) in [6.45, 7) is 10.8. The minimum absolute atomic E-state index is 0.0244. The van der Waals surface area contributed by atoms with E-state index in [1.807, 2.05) is 18.2 Å². The molecule has 0 aliphatic rings. The molecule has 19 heavy (non-hydrogen) atoms. The number of hydrogen-bond donors (Lipinski definition) is 1. The summed E-state index contributed by atoms with van der Waals surface area (Å²) in [6, 6.07) is 5.55. The molecule has 0 atom stereocenters. The number of carboxylic acid groups (broad SMARTS) is 1. The van der Waals surface area contributed by atoms with Crippen molar-refractivity contribution in [1.29, 1.82) is 0 Å². The zero-order valence-corrected chi connectivity index (χ0v) is 14.7. The number of carbonyl (C=O) groups is 1. The number of benzene rings is 1. The van der Waals surface area contributed by atoms with Gasteiger partial charge in [0.2, 0.25) is 8.32 Å². The van der Waals surface area contributed by atoms with E-state index in [1.165, 1.54) is 0 Å². The van der Waals surface area contributed by atoms with E-state index >= 15 is 0 Å². The van der Waals surface area contributed by atoms with Gasteiger partial charge < -0.3 is 9.53 Å². The van der Waals surface area contributed by atoms with Gasteiger partial charge >= 0.3 is 5.97 Å². The zero-order chi connectivity index (χ0) is 14.8. The van der Waals surface area contributed by atoms with Crippen LogP contribution in [0.2, 0.25) is 18.1 Å². The molecule has 0 saturated heterocycles. The smallest absolute Gasteiger partial charge is 0.307 e. The third-order valence-corrected chi connectivity index (χ3v) is 8.37. The molecule has 0 aliphatic heterocycles. The van der Waals surface area contributed by atoms with Gasteiger partial charge in [0, 0.05) is 10.0 Å². The number of carboxylic acids is 1. The first-order valence-electron chi connectivity index (χ1n) is 6.22. The topological polar surface area (TPSA) is 46.5 Å². The second kappa shape index (κ2) is 5.67. The second-order valence-electron chi connectivity index (χ2n) is 6.18. The van der Waals surface area contributed by atoms with Crippen molar-refractivity contribution >= 4 is 30.2 Å². The molecule has 0 unspecified atom stereocenters. The van der Waals surface area contributed by atoms with Crippen LogP contribution in [0.4, 0.5) is 0 Å². The van der Waals surface area contributed by atoms with Crippen molar-refractivity contribution < 1.29 is 14.3 Å². The lowest BCUT2D eigenvalue weighted by atomic mass is 10.1. The molecule has 1 aromatic rings. The molecule has 0 aliphatic carbocycles. The Morgan fingerprint density at radius 2 is 1.95 bits per heavy atom. The quantitative estimate of drug-likeness (QED) is 0.820. The minimum atomic E-state index is -1.95. The third-order valence-electron chi connectivity index (χ3n) is 3.54. The van der Waals surface area contributed by atoms with Gasteiger partial charge in [-0.05, 0) is 36.3 Å². The Hall–Kier alpha value is -0.813. The highest BCUT2D eigenvalue weighted by molar-refractivity contribution is 9.10. The van der Waals surface area contributed by atoms with Crippen LogP contribution in [-0.4, -0.2) is 19.4 Å². The Labute approximate surface area is 124 Å². The maximum Gasteiger partial charge on any atom is 0.307 e. The normalized spacial score (nSPS) is 12.3. The van der Waals surface area contributed by atoms with Gasteiger partial charge in [0.25, 0.3) is 0 Å². The van der Waals surface area contributed by atoms with E-state index in [2.05, 4.69) is 49.8 Å². The molecule has 5 heteroatoms. The van der Waals surface area contributed by atoms with E-state index in [0.29, 0.717) is 11.3 Å². The SMILES string of the molecule is CC(C)(C)[Si](C)(C)Oc1ccc(Br)cc1CC(=O)O. The molecular weight excluding hydrogens is 324 g/mol. The summed E-state index contributed by atoms with van der Waals surface area (Å²) in [6.07, 6.45) is -0.0244. The van der Waals surface area contributed by atoms with Gasteiger partial charge in [-0.25, -0.2) is 0 Å². The Bertz CT molecular complexity index is 478. The fraction of sp³-hybridized carbons (Fsp3) is 0.500. The summed E-state index contributed by atoms with van der Waals surface area (Å²) in [5, 5.41) is 9.06. The summed E-state index contributed by atoms with van der Waals surface area (Å²) in [7, 11) is -1.95. The van der Waals surface area contributed by atoms with Crippen LogP contribution in [0.25, 0.3) is 0 Å². The first-order valence-corrected chi connectivity index (χ1v) is 9.92. The molecular formula is C14H21BrO3Si. The van der Waals surface area contributed by atoms with E-state index in [4.69, 9.17) is 9.53 Å². The van der Waals surface area contributed by atoms with Crippen molar-refractivity contribution in [2.75, 3.05) is 0 Å². The van der Waals surface area contributed by atoms with Crippen molar-refractivity contribution in [2.24, 2.45) is 0 Å². The van der Waals surface area contributed by atoms with Gasteiger partial charge in [0.15, 0.2) is 0 Å². The predicted octanol–water partition coefficient (Wildman–Crippen LogP) is 4.46. The standard InChI is InChI=1S/C14H21BrO3Si/c1-14(2,3)19(4,5)18-12-7-6-11(15)8-10(12)9-13(16)17/h6-8H,9H2,1-5H3,(H,16,17). The second-order valence-corrected chi connectivity index (χ2v) is 11.8. The van der Waals surface area contributed by atoms with Crippen molar-refractivity contribution in [2.45, 2.75) is 45.3 Å². The molecule has 106 valence electrons. The Morgan fingerprint density at radius 3 is 2.42 bits per heavy atom. The van der Waals surface area contributed by atoms with Crippen molar-refractivity contribution in [1.82, 2.24) is 0 Å². The molecule has 0 fully saturated rings. The minimum Gasteiger partial charge on any atom is -0.543 e. The molecule has 1 N–H and O–H groups in total. The van der Waals surface area contributed by atoms with Gasteiger partial charge in [-0.3, -0.25) is 4.79 Å². The van der Waals surface area contributed by atoms with E-state index in [1.54, 1.807) is 0 Å². The van der Waals surface area contributed by atoms with Crippen LogP contribution in [0.3, 0.4) is 0 Å². The highest BCUT2D eigenvalue weighted by atomic mass is 79.9. The van der Waals surface area contributed by atoms with E-state index in [-0.39, 0.29) is 11.5 Å². The molecule has 0 bridgehead atoms. The van der Waals surface area contributed by atoms with Gasteiger partial charge in [-0.1, -0.05) is 36.7 Å². The summed E-state index contributed by atoms with van der Waals surface area (Å²) in [5.41, 5.74) is 0.715. The molecule has 0 amide bonds. The lowest BCUT2D eigenvalue weighted by molar-refractivity contribution is -0.136. The summed E-state index contributed by atoms with van der Waals surface area (Å²) in [4.78, 5) is 10.9. The molecule has 0 saturated carbocycles. The monoisotopic (exact) mass is 344 g/mol. The Balaban J connectivity index is 3.10. The van der Waals surface area contributed by atoms with Crippen molar-refractivity contribution in [3.63, 3.8) is 0 Å². The molecule has 1 aromatic carbocycles. The largest absolute Gasteiger partial charge is 0.543 e. The van der Waals surface area contributed by atoms with E-state index < -0.39 is 14.3 Å². The van der Waals surface area contributed by atoms with Gasteiger partial charge in [-0.2, -0.15) is 0 Å². The lowest BCUT2D eigenvalue weighted by Gasteiger charge is -2.37. The van der Waals surface area contributed by atoms with Crippen LogP contribution in [0.5, 0.6) is 5.75 Å². The Morgan fingerprint density at radius 1 is 1.37 bits per heavy atom. The highest BCUT2D eigenvalue weighted by Gasteiger charge is 2.39. The van der Waals surface area contributed by atoms with Crippen LogP contribution >= 0.6 is 15.9 Å². The molecule has 0 aromatic heterocycles. The van der Waals surface area contributed by atoms with E-state index in [9.17, 15) is 4.79 Å². The maximum atomic E-state index is 10.9. The average molecular weight is 345 g/mol. The number of aliphatic carboxylic acids is 1. The maximum absolute atomic E-state index is 10.9. The number of halogens is 1. The van der Waals surface area contributed by atoms with Crippen LogP contribution in [0.1, 0.15) is 26.3 Å². The number of hydrogen-bond acceptors (Lipinski definition) is 2. The fourth-order valence-electron chi connectivity index (χ4n) is 1.38. The Kier molecular flexibility index (Phi) is 4.85. The van der Waals surface area contributed by atoms with Gasteiger partial charge in [0.05, 0.1) is 6.42 Å². The molecule has 1 rings (SSSR count). The summed E-state index contributed by atoms with van der Waals surface area (Å²) < 4.78 is 7.07. The molecule has 0 heterocycles. The third kappa shape index (κ3) is 4.35. The highest BCUT2D eigenvalue weighted by Crippen LogP contribution is 2.38. The van der Waals surface area contributed by atoms with Crippen LogP contribution in [0.15, 0.2) is 22.7 Å². The fourth-order valence-corrected chi connectivity index (χ4v) is 2.84.